The number of allylic oxidation sites excluding steroid dienone is 1. The number of hydrogen-bond donors (Lipinski definition) is 2. The molecule has 0 aliphatic carbocycles. The third-order valence-electron chi connectivity index (χ3n) is 5.26. The zero-order valence-electron chi connectivity index (χ0n) is 17.7. The molecule has 162 valence electrons. The summed E-state index contributed by atoms with van der Waals surface area (Å²) in [5.74, 6) is -0.990. The highest BCUT2D eigenvalue weighted by Crippen LogP contribution is 2.26. The van der Waals surface area contributed by atoms with Crippen molar-refractivity contribution in [3.05, 3.63) is 81.1 Å². The second kappa shape index (κ2) is 10.2. The van der Waals surface area contributed by atoms with Gasteiger partial charge in [-0.2, -0.15) is 0 Å². The second-order valence-corrected chi connectivity index (χ2v) is 8.45. The molecule has 3 aromatic rings. The van der Waals surface area contributed by atoms with Gasteiger partial charge in [-0.15, -0.1) is 11.3 Å². The number of benzene rings is 1. The number of nitrogens with zero attached hydrogens (tertiary/aromatic N) is 2. The number of aromatic carboxylic acids is 1. The summed E-state index contributed by atoms with van der Waals surface area (Å²) in [5.41, 5.74) is 3.00. The van der Waals surface area contributed by atoms with Gasteiger partial charge in [0.1, 0.15) is 5.82 Å². The molecule has 0 saturated heterocycles. The highest BCUT2D eigenvalue weighted by molar-refractivity contribution is 7.09. The quantitative estimate of drug-likeness (QED) is 0.428. The van der Waals surface area contributed by atoms with E-state index in [1.165, 1.54) is 0 Å². The van der Waals surface area contributed by atoms with Gasteiger partial charge in [0.2, 0.25) is 0 Å². The molecular formula is C24H26N2O4S. The Labute approximate surface area is 185 Å². The number of aromatic nitrogens is 2. The highest BCUT2D eigenvalue weighted by atomic mass is 32.1. The van der Waals surface area contributed by atoms with Gasteiger partial charge in [-0.3, -0.25) is 0 Å². The van der Waals surface area contributed by atoms with Crippen molar-refractivity contribution in [2.45, 2.75) is 46.1 Å². The minimum absolute atomic E-state index is 0.237. The fourth-order valence-corrected chi connectivity index (χ4v) is 4.19. The Kier molecular flexibility index (Phi) is 7.41. The van der Waals surface area contributed by atoms with Crippen molar-refractivity contribution in [2.75, 3.05) is 0 Å². The molecule has 0 aliphatic rings. The summed E-state index contributed by atoms with van der Waals surface area (Å²) in [4.78, 5) is 28.8. The van der Waals surface area contributed by atoms with E-state index in [0.717, 1.165) is 41.2 Å². The number of carboxylic acid groups (broad SMARTS) is 2. The number of thiophene rings is 1. The van der Waals surface area contributed by atoms with Crippen molar-refractivity contribution in [3.8, 4) is 0 Å². The minimum Gasteiger partial charge on any atom is -0.478 e. The Morgan fingerprint density at radius 2 is 1.87 bits per heavy atom. The Balaban J connectivity index is 2.01. The molecule has 31 heavy (non-hydrogen) atoms. The van der Waals surface area contributed by atoms with Crippen LogP contribution in [0.4, 0.5) is 0 Å². The molecular weight excluding hydrogens is 412 g/mol. The summed E-state index contributed by atoms with van der Waals surface area (Å²) >= 11 is 1.54. The first-order valence-corrected chi connectivity index (χ1v) is 11.1. The van der Waals surface area contributed by atoms with E-state index in [4.69, 9.17) is 5.11 Å². The van der Waals surface area contributed by atoms with Crippen LogP contribution in [0.1, 0.15) is 59.0 Å². The minimum atomic E-state index is -0.961. The van der Waals surface area contributed by atoms with Crippen molar-refractivity contribution in [1.29, 1.82) is 0 Å². The molecule has 1 aromatic carbocycles. The van der Waals surface area contributed by atoms with Crippen LogP contribution in [0.5, 0.6) is 0 Å². The number of rotatable bonds is 10. The van der Waals surface area contributed by atoms with E-state index >= 15 is 0 Å². The second-order valence-electron chi connectivity index (χ2n) is 7.42. The molecule has 3 rings (SSSR count). The summed E-state index contributed by atoms with van der Waals surface area (Å²) < 4.78 is 2.05. The number of imidazole rings is 1. The first-order valence-electron chi connectivity index (χ1n) is 10.2. The molecule has 6 nitrogen and oxygen atoms in total. The van der Waals surface area contributed by atoms with E-state index in [1.54, 1.807) is 41.8 Å². The largest absolute Gasteiger partial charge is 0.478 e. The summed E-state index contributed by atoms with van der Waals surface area (Å²) in [6.07, 6.45) is 4.93. The van der Waals surface area contributed by atoms with Gasteiger partial charge in [0.25, 0.3) is 0 Å². The molecule has 0 saturated carbocycles. The molecule has 0 amide bonds. The lowest BCUT2D eigenvalue weighted by Gasteiger charge is -2.15. The van der Waals surface area contributed by atoms with Crippen molar-refractivity contribution in [2.24, 2.45) is 0 Å². The molecule has 0 atom stereocenters. The van der Waals surface area contributed by atoms with E-state index in [-0.39, 0.29) is 5.56 Å². The average molecular weight is 439 g/mol. The van der Waals surface area contributed by atoms with Crippen molar-refractivity contribution >= 4 is 28.8 Å². The zero-order chi connectivity index (χ0) is 22.4. The van der Waals surface area contributed by atoms with E-state index in [1.807, 2.05) is 24.4 Å². The predicted octanol–water partition coefficient (Wildman–Crippen LogP) is 5.13. The lowest BCUT2D eigenvalue weighted by molar-refractivity contribution is -0.132. The maximum absolute atomic E-state index is 12.1. The number of hydrogen-bond acceptors (Lipinski definition) is 4. The Morgan fingerprint density at radius 1 is 1.13 bits per heavy atom. The maximum atomic E-state index is 12.1. The van der Waals surface area contributed by atoms with Gasteiger partial charge in [-0.05, 0) is 48.1 Å². The van der Waals surface area contributed by atoms with Crippen LogP contribution in [0.3, 0.4) is 0 Å². The van der Waals surface area contributed by atoms with Gasteiger partial charge >= 0.3 is 11.9 Å². The summed E-state index contributed by atoms with van der Waals surface area (Å²) in [5, 5.41) is 21.0. The Hall–Kier alpha value is -3.19. The molecule has 7 heteroatoms. The Bertz CT molecular complexity index is 1080. The number of unbranched alkanes of at least 4 members (excludes halogenated alkanes) is 1. The molecule has 2 aromatic heterocycles. The number of aliphatic carboxylic acids is 1. The van der Waals surface area contributed by atoms with Crippen LogP contribution in [0.25, 0.3) is 5.57 Å². The molecule has 0 bridgehead atoms. The van der Waals surface area contributed by atoms with E-state index in [0.29, 0.717) is 24.1 Å². The van der Waals surface area contributed by atoms with Gasteiger partial charge in [-0.25, -0.2) is 14.6 Å². The fraction of sp³-hybridized carbons (Fsp3) is 0.292. The molecule has 2 heterocycles. The van der Waals surface area contributed by atoms with Crippen LogP contribution >= 0.6 is 11.3 Å². The van der Waals surface area contributed by atoms with Gasteiger partial charge in [0, 0.05) is 29.8 Å². The van der Waals surface area contributed by atoms with Crippen LogP contribution in [0.2, 0.25) is 0 Å². The zero-order valence-corrected chi connectivity index (χ0v) is 18.5. The highest BCUT2D eigenvalue weighted by Gasteiger charge is 2.19. The van der Waals surface area contributed by atoms with E-state index < -0.39 is 11.9 Å². The molecule has 0 aliphatic heterocycles. The fourth-order valence-electron chi connectivity index (χ4n) is 3.47. The number of carboxylic acids is 2. The van der Waals surface area contributed by atoms with Crippen molar-refractivity contribution in [1.82, 2.24) is 9.55 Å². The molecule has 0 spiro atoms. The SMILES string of the molecule is CCCCc1ncc(/C(C)=C(\Cc2cccs2)C(=O)O)n1Cc1ccc(C(=O)O)cc1. The molecule has 0 fully saturated rings. The summed E-state index contributed by atoms with van der Waals surface area (Å²) in [7, 11) is 0. The lowest BCUT2D eigenvalue weighted by atomic mass is 10.0. The van der Waals surface area contributed by atoms with Gasteiger partial charge < -0.3 is 14.8 Å². The summed E-state index contributed by atoms with van der Waals surface area (Å²) in [6, 6.07) is 10.6. The number of aryl methyl sites for hydroxylation is 1. The smallest absolute Gasteiger partial charge is 0.335 e. The first kappa shape index (κ1) is 22.5. The lowest BCUT2D eigenvalue weighted by Crippen LogP contribution is -2.12. The van der Waals surface area contributed by atoms with Gasteiger partial charge in [-0.1, -0.05) is 31.5 Å². The van der Waals surface area contributed by atoms with Crippen LogP contribution in [-0.4, -0.2) is 31.7 Å². The topological polar surface area (TPSA) is 92.4 Å². The molecule has 0 radical (unpaired) electrons. The Morgan fingerprint density at radius 3 is 2.45 bits per heavy atom. The van der Waals surface area contributed by atoms with Crippen molar-refractivity contribution in [3.63, 3.8) is 0 Å². The van der Waals surface area contributed by atoms with Crippen LogP contribution < -0.4 is 0 Å². The van der Waals surface area contributed by atoms with E-state index in [9.17, 15) is 14.7 Å². The average Bonchev–Trinajstić information content (AvgIpc) is 3.40. The number of carbonyl (C=O) groups is 2. The normalized spacial score (nSPS) is 11.9. The van der Waals surface area contributed by atoms with Crippen molar-refractivity contribution < 1.29 is 19.8 Å². The monoisotopic (exact) mass is 438 g/mol. The van der Waals surface area contributed by atoms with Crippen LogP contribution in [-0.2, 0) is 24.2 Å². The third-order valence-corrected chi connectivity index (χ3v) is 6.14. The van der Waals surface area contributed by atoms with Gasteiger partial charge in [0.05, 0.1) is 17.5 Å². The summed E-state index contributed by atoms with van der Waals surface area (Å²) in [6.45, 7) is 4.45. The third kappa shape index (κ3) is 5.49. The standard InChI is InChI=1S/C24H26N2O4S/c1-3-4-7-22-25-14-21(16(2)20(24(29)30)13-19-6-5-12-31-19)26(22)15-17-8-10-18(11-9-17)23(27)28/h5-6,8-12,14H,3-4,7,13,15H2,1-2H3,(H,27,28)(H,29,30)/b20-16+. The van der Waals surface area contributed by atoms with Gasteiger partial charge in [0.15, 0.2) is 0 Å². The molecule has 0 unspecified atom stereocenters. The predicted molar refractivity (Wildman–Crippen MR) is 122 cm³/mol. The molecule has 2 N–H and O–H groups in total. The maximum Gasteiger partial charge on any atom is 0.335 e. The van der Waals surface area contributed by atoms with E-state index in [2.05, 4.69) is 16.5 Å². The van der Waals surface area contributed by atoms with Crippen LogP contribution in [0, 0.1) is 0 Å². The van der Waals surface area contributed by atoms with Crippen LogP contribution in [0.15, 0.2) is 53.5 Å². The first-order chi connectivity index (χ1) is 14.9.